The first-order valence-corrected chi connectivity index (χ1v) is 6.36. The van der Waals surface area contributed by atoms with Crippen LogP contribution < -0.4 is 5.32 Å². The van der Waals surface area contributed by atoms with Gasteiger partial charge in [0, 0.05) is 25.2 Å². The maximum Gasteiger partial charge on any atom is 0.0620 e. The van der Waals surface area contributed by atoms with E-state index in [1.807, 2.05) is 0 Å². The Morgan fingerprint density at radius 2 is 2.44 bits per heavy atom. The number of nitrogens with one attached hydrogen (secondary N) is 1. The van der Waals surface area contributed by atoms with E-state index in [9.17, 15) is 0 Å². The Labute approximate surface area is 98.3 Å². The fraction of sp³-hybridized carbons (Fsp3) is 1.00. The molecule has 0 bridgehead atoms. The van der Waals surface area contributed by atoms with Gasteiger partial charge in [0.2, 0.25) is 0 Å². The maximum atomic E-state index is 8.93. The van der Waals surface area contributed by atoms with Crippen molar-refractivity contribution in [3.8, 4) is 0 Å². The molecule has 0 amide bonds. The van der Waals surface area contributed by atoms with Gasteiger partial charge in [-0.3, -0.25) is 0 Å². The smallest absolute Gasteiger partial charge is 0.0620 e. The molecular formula is C12H25NO3. The van der Waals surface area contributed by atoms with Gasteiger partial charge >= 0.3 is 0 Å². The summed E-state index contributed by atoms with van der Waals surface area (Å²) in [5.74, 6) is 0.570. The molecule has 1 rings (SSSR count). The maximum absolute atomic E-state index is 8.93. The van der Waals surface area contributed by atoms with Crippen molar-refractivity contribution in [2.75, 3.05) is 39.6 Å². The predicted octanol–water partition coefficient (Wildman–Crippen LogP) is 0.790. The number of rotatable bonds is 9. The van der Waals surface area contributed by atoms with E-state index < -0.39 is 0 Å². The lowest BCUT2D eigenvalue weighted by Crippen LogP contribution is -2.35. The zero-order valence-corrected chi connectivity index (χ0v) is 10.3. The van der Waals surface area contributed by atoms with E-state index in [0.29, 0.717) is 12.5 Å². The number of aliphatic hydroxyl groups excluding tert-OH is 1. The van der Waals surface area contributed by atoms with E-state index >= 15 is 0 Å². The van der Waals surface area contributed by atoms with Gasteiger partial charge in [0.05, 0.1) is 19.8 Å². The molecule has 4 heteroatoms. The third-order valence-corrected chi connectivity index (χ3v) is 2.86. The van der Waals surface area contributed by atoms with Gasteiger partial charge in [0.15, 0.2) is 0 Å². The summed E-state index contributed by atoms with van der Waals surface area (Å²) in [6.07, 6.45) is 2.99. The largest absolute Gasteiger partial charge is 0.396 e. The SMILES string of the molecule is CCCNC(CCO)COCC1CCOC1. The van der Waals surface area contributed by atoms with Crippen molar-refractivity contribution in [1.82, 2.24) is 5.32 Å². The lowest BCUT2D eigenvalue weighted by molar-refractivity contribution is 0.0689. The molecule has 1 aliphatic rings. The van der Waals surface area contributed by atoms with Crippen molar-refractivity contribution in [2.24, 2.45) is 5.92 Å². The van der Waals surface area contributed by atoms with Gasteiger partial charge in [-0.05, 0) is 25.8 Å². The standard InChI is InChI=1S/C12H25NO3/c1-2-5-13-12(3-6-14)10-16-9-11-4-7-15-8-11/h11-14H,2-10H2,1H3. The molecule has 96 valence electrons. The van der Waals surface area contributed by atoms with Crippen LogP contribution in [-0.4, -0.2) is 50.7 Å². The van der Waals surface area contributed by atoms with Crippen LogP contribution in [0.3, 0.4) is 0 Å². The fourth-order valence-corrected chi connectivity index (χ4v) is 1.84. The lowest BCUT2D eigenvalue weighted by atomic mass is 10.1. The van der Waals surface area contributed by atoms with Crippen molar-refractivity contribution >= 4 is 0 Å². The van der Waals surface area contributed by atoms with Gasteiger partial charge in [-0.15, -0.1) is 0 Å². The summed E-state index contributed by atoms with van der Waals surface area (Å²) < 4.78 is 11.0. The van der Waals surface area contributed by atoms with Gasteiger partial charge in [-0.1, -0.05) is 6.92 Å². The quantitative estimate of drug-likeness (QED) is 0.616. The highest BCUT2D eigenvalue weighted by molar-refractivity contribution is 4.67. The van der Waals surface area contributed by atoms with Gasteiger partial charge in [-0.2, -0.15) is 0 Å². The Balaban J connectivity index is 2.05. The molecule has 0 radical (unpaired) electrons. The van der Waals surface area contributed by atoms with Crippen LogP contribution in [0, 0.1) is 5.92 Å². The Morgan fingerprint density at radius 1 is 1.56 bits per heavy atom. The zero-order chi connectivity index (χ0) is 11.6. The van der Waals surface area contributed by atoms with E-state index in [4.69, 9.17) is 14.6 Å². The van der Waals surface area contributed by atoms with Crippen molar-refractivity contribution < 1.29 is 14.6 Å². The molecule has 0 aromatic carbocycles. The van der Waals surface area contributed by atoms with Gasteiger partial charge in [0.1, 0.15) is 0 Å². The van der Waals surface area contributed by atoms with Crippen LogP contribution in [0.25, 0.3) is 0 Å². The molecule has 1 heterocycles. The highest BCUT2D eigenvalue weighted by Crippen LogP contribution is 2.12. The molecule has 0 saturated carbocycles. The normalized spacial score (nSPS) is 22.5. The average molecular weight is 231 g/mol. The van der Waals surface area contributed by atoms with Crippen LogP contribution in [0.2, 0.25) is 0 Å². The Bertz CT molecular complexity index is 160. The van der Waals surface area contributed by atoms with Crippen molar-refractivity contribution in [2.45, 2.75) is 32.2 Å². The van der Waals surface area contributed by atoms with Crippen molar-refractivity contribution in [3.63, 3.8) is 0 Å². The minimum atomic E-state index is 0.220. The van der Waals surface area contributed by atoms with E-state index in [0.717, 1.165) is 45.6 Å². The molecule has 0 aromatic rings. The molecule has 0 spiro atoms. The molecule has 4 nitrogen and oxygen atoms in total. The average Bonchev–Trinajstić information content (AvgIpc) is 2.79. The number of ether oxygens (including phenoxy) is 2. The van der Waals surface area contributed by atoms with Crippen molar-refractivity contribution in [1.29, 1.82) is 0 Å². The van der Waals surface area contributed by atoms with Crippen LogP contribution >= 0.6 is 0 Å². The summed E-state index contributed by atoms with van der Waals surface area (Å²) in [5, 5.41) is 12.3. The van der Waals surface area contributed by atoms with Crippen LogP contribution in [0.15, 0.2) is 0 Å². The second kappa shape index (κ2) is 8.93. The van der Waals surface area contributed by atoms with Gasteiger partial charge < -0.3 is 19.9 Å². The lowest BCUT2D eigenvalue weighted by Gasteiger charge is -2.18. The summed E-state index contributed by atoms with van der Waals surface area (Å²) in [6.45, 7) is 6.54. The van der Waals surface area contributed by atoms with Crippen LogP contribution in [0.1, 0.15) is 26.2 Å². The summed E-state index contributed by atoms with van der Waals surface area (Å²) >= 11 is 0. The molecule has 0 aliphatic carbocycles. The van der Waals surface area contributed by atoms with E-state index in [1.54, 1.807) is 0 Å². The number of hydrogen-bond acceptors (Lipinski definition) is 4. The molecule has 1 fully saturated rings. The van der Waals surface area contributed by atoms with Crippen LogP contribution in [0.4, 0.5) is 0 Å². The monoisotopic (exact) mass is 231 g/mol. The minimum Gasteiger partial charge on any atom is -0.396 e. The highest BCUT2D eigenvalue weighted by atomic mass is 16.5. The highest BCUT2D eigenvalue weighted by Gasteiger charge is 2.16. The van der Waals surface area contributed by atoms with E-state index in [2.05, 4.69) is 12.2 Å². The molecular weight excluding hydrogens is 206 g/mol. The zero-order valence-electron chi connectivity index (χ0n) is 10.3. The summed E-state index contributed by atoms with van der Waals surface area (Å²) in [7, 11) is 0. The van der Waals surface area contributed by atoms with Crippen molar-refractivity contribution in [3.05, 3.63) is 0 Å². The first-order chi connectivity index (χ1) is 7.86. The first kappa shape index (κ1) is 13.9. The predicted molar refractivity (Wildman–Crippen MR) is 63.5 cm³/mol. The Hall–Kier alpha value is -0.160. The molecule has 0 aromatic heterocycles. The number of hydrogen-bond donors (Lipinski definition) is 2. The fourth-order valence-electron chi connectivity index (χ4n) is 1.84. The second-order valence-corrected chi connectivity index (χ2v) is 4.43. The molecule has 1 saturated heterocycles. The Kier molecular flexibility index (Phi) is 7.76. The summed E-state index contributed by atoms with van der Waals surface area (Å²) in [4.78, 5) is 0. The molecule has 2 atom stereocenters. The molecule has 2 N–H and O–H groups in total. The van der Waals surface area contributed by atoms with Gasteiger partial charge in [-0.25, -0.2) is 0 Å². The third kappa shape index (κ3) is 5.80. The third-order valence-electron chi connectivity index (χ3n) is 2.86. The van der Waals surface area contributed by atoms with Crippen LogP contribution in [0.5, 0.6) is 0 Å². The molecule has 1 aliphatic heterocycles. The number of aliphatic hydroxyl groups is 1. The molecule has 2 unspecified atom stereocenters. The minimum absolute atomic E-state index is 0.220. The second-order valence-electron chi connectivity index (χ2n) is 4.43. The van der Waals surface area contributed by atoms with Gasteiger partial charge in [0.25, 0.3) is 0 Å². The topological polar surface area (TPSA) is 50.7 Å². The van der Waals surface area contributed by atoms with Crippen LogP contribution in [-0.2, 0) is 9.47 Å². The Morgan fingerprint density at radius 3 is 3.06 bits per heavy atom. The summed E-state index contributed by atoms with van der Waals surface area (Å²) in [5.41, 5.74) is 0. The van der Waals surface area contributed by atoms with E-state index in [-0.39, 0.29) is 12.6 Å². The first-order valence-electron chi connectivity index (χ1n) is 6.36. The van der Waals surface area contributed by atoms with E-state index in [1.165, 1.54) is 0 Å². The molecule has 16 heavy (non-hydrogen) atoms. The summed E-state index contributed by atoms with van der Waals surface area (Å²) in [6, 6.07) is 0.285.